The van der Waals surface area contributed by atoms with Crippen molar-refractivity contribution in [3.05, 3.63) is 244 Å². The maximum Gasteiger partial charge on any atom is 0.0639 e. The number of hydrogen-bond donors (Lipinski definition) is 0. The van der Waals surface area contributed by atoms with Gasteiger partial charge in [-0.1, -0.05) is 201 Å². The molecule has 0 amide bonds. The van der Waals surface area contributed by atoms with Gasteiger partial charge in [0.05, 0.1) is 5.70 Å². The fraction of sp³-hybridized carbons (Fsp3) is 0.197. The fourth-order valence-electron chi connectivity index (χ4n) is 10.4. The molecule has 0 fully saturated rings. The van der Waals surface area contributed by atoms with Crippen LogP contribution in [0.25, 0.3) is 39.1 Å². The average molecular weight is 804 g/mol. The zero-order valence-electron chi connectivity index (χ0n) is 37.1. The normalized spacial score (nSPS) is 17.0. The number of nitrogens with zero attached hydrogens (tertiary/aromatic N) is 1. The molecule has 0 aliphatic heterocycles. The van der Waals surface area contributed by atoms with Crippen molar-refractivity contribution < 1.29 is 0 Å². The first-order valence-corrected chi connectivity index (χ1v) is 22.3. The molecule has 1 atom stereocenters. The van der Waals surface area contributed by atoms with E-state index in [1.54, 1.807) is 22.3 Å². The van der Waals surface area contributed by atoms with Crippen molar-refractivity contribution in [2.24, 2.45) is 4.99 Å². The minimum atomic E-state index is 0.175. The molecule has 1 nitrogen and oxygen atoms in total. The second kappa shape index (κ2) is 17.1. The maximum atomic E-state index is 4.82. The van der Waals surface area contributed by atoms with E-state index in [1.165, 1.54) is 73.2 Å². The molecule has 6 aromatic carbocycles. The molecule has 0 saturated carbocycles. The lowest BCUT2D eigenvalue weighted by molar-refractivity contribution is 0.613. The van der Waals surface area contributed by atoms with Crippen LogP contribution in [0.15, 0.2) is 199 Å². The van der Waals surface area contributed by atoms with E-state index >= 15 is 0 Å². The second-order valence-electron chi connectivity index (χ2n) is 18.1. The average Bonchev–Trinajstić information content (AvgIpc) is 3.94. The van der Waals surface area contributed by atoms with Crippen molar-refractivity contribution in [1.29, 1.82) is 0 Å². The van der Waals surface area contributed by atoms with Crippen LogP contribution in [0.4, 0.5) is 0 Å². The van der Waals surface area contributed by atoms with Gasteiger partial charge in [0.15, 0.2) is 0 Å². The lowest BCUT2D eigenvalue weighted by Crippen LogP contribution is -2.18. The Morgan fingerprint density at radius 2 is 1.37 bits per heavy atom. The SMILES string of the molecule is C=C(C)c1cccc2c1-c1ccccc1C2.C=C(N=C(C)C1=CC=CCC1)c1cc(C)ccc1-c1ccccc1.CC1(C)C2=CC3=C(CC2c2ccccc21)c1ccccc1C3. The van der Waals surface area contributed by atoms with Gasteiger partial charge in [-0.25, -0.2) is 0 Å². The predicted octanol–water partition coefficient (Wildman–Crippen LogP) is 16.1. The molecule has 1 heteroatoms. The topological polar surface area (TPSA) is 12.4 Å². The molecule has 0 spiro atoms. The van der Waals surface area contributed by atoms with Crippen LogP contribution in [0, 0.1) is 6.92 Å². The molecule has 62 heavy (non-hydrogen) atoms. The predicted molar refractivity (Wildman–Crippen MR) is 267 cm³/mol. The molecule has 0 aromatic heterocycles. The first kappa shape index (κ1) is 40.8. The van der Waals surface area contributed by atoms with Crippen molar-refractivity contribution in [3.63, 3.8) is 0 Å². The van der Waals surface area contributed by atoms with Crippen LogP contribution in [0.1, 0.15) is 103 Å². The molecular weight excluding hydrogens is 747 g/mol. The van der Waals surface area contributed by atoms with Crippen molar-refractivity contribution in [2.75, 3.05) is 0 Å². The highest BCUT2D eigenvalue weighted by Crippen LogP contribution is 2.57. The number of fused-ring (bicyclic) bond motifs is 8. The molecule has 1 unspecified atom stereocenters. The molecular formula is C61H57N. The monoisotopic (exact) mass is 803 g/mol. The van der Waals surface area contributed by atoms with Crippen LogP contribution >= 0.6 is 0 Å². The Balaban J connectivity index is 0.000000121. The van der Waals surface area contributed by atoms with E-state index < -0.39 is 0 Å². The lowest BCUT2D eigenvalue weighted by Gasteiger charge is -2.28. The zero-order chi connectivity index (χ0) is 43.0. The van der Waals surface area contributed by atoms with Crippen molar-refractivity contribution in [1.82, 2.24) is 0 Å². The van der Waals surface area contributed by atoms with Gasteiger partial charge in [-0.3, -0.25) is 4.99 Å². The largest absolute Gasteiger partial charge is 0.253 e. The minimum Gasteiger partial charge on any atom is -0.253 e. The zero-order valence-corrected chi connectivity index (χ0v) is 37.1. The van der Waals surface area contributed by atoms with E-state index in [9.17, 15) is 0 Å². The molecule has 0 N–H and O–H groups in total. The van der Waals surface area contributed by atoms with Gasteiger partial charge in [0, 0.05) is 22.6 Å². The molecule has 5 aliphatic carbocycles. The third kappa shape index (κ3) is 7.78. The van der Waals surface area contributed by atoms with Gasteiger partial charge in [-0.15, -0.1) is 0 Å². The number of aryl methyl sites for hydroxylation is 1. The summed E-state index contributed by atoms with van der Waals surface area (Å²) in [7, 11) is 0. The number of hydrogen-bond acceptors (Lipinski definition) is 1. The van der Waals surface area contributed by atoms with Gasteiger partial charge in [-0.05, 0) is 137 Å². The number of benzene rings is 6. The van der Waals surface area contributed by atoms with Gasteiger partial charge in [0.2, 0.25) is 0 Å². The highest BCUT2D eigenvalue weighted by Gasteiger charge is 2.44. The highest BCUT2D eigenvalue weighted by atomic mass is 14.8. The van der Waals surface area contributed by atoms with Crippen LogP contribution in [-0.2, 0) is 18.3 Å². The summed E-state index contributed by atoms with van der Waals surface area (Å²) in [5.74, 6) is 0.580. The summed E-state index contributed by atoms with van der Waals surface area (Å²) in [6, 6.07) is 50.1. The van der Waals surface area contributed by atoms with Crippen LogP contribution in [0.5, 0.6) is 0 Å². The third-order valence-electron chi connectivity index (χ3n) is 13.6. The third-order valence-corrected chi connectivity index (χ3v) is 13.6. The lowest BCUT2D eigenvalue weighted by atomic mass is 9.75. The first-order valence-electron chi connectivity index (χ1n) is 22.3. The van der Waals surface area contributed by atoms with Crippen molar-refractivity contribution >= 4 is 22.6 Å². The second-order valence-corrected chi connectivity index (χ2v) is 18.1. The summed E-state index contributed by atoms with van der Waals surface area (Å²) >= 11 is 0. The number of aliphatic imine (C=N–C) groups is 1. The molecule has 0 saturated heterocycles. The van der Waals surface area contributed by atoms with E-state index in [0.717, 1.165) is 48.2 Å². The minimum absolute atomic E-state index is 0.175. The van der Waals surface area contributed by atoms with E-state index in [2.05, 4.69) is 206 Å². The summed E-state index contributed by atoms with van der Waals surface area (Å²) in [5.41, 5.74) is 27.0. The Morgan fingerprint density at radius 1 is 0.677 bits per heavy atom. The van der Waals surface area contributed by atoms with Crippen molar-refractivity contribution in [3.8, 4) is 22.3 Å². The highest BCUT2D eigenvalue weighted by molar-refractivity contribution is 6.02. The Hall–Kier alpha value is -6.57. The summed E-state index contributed by atoms with van der Waals surface area (Å²) in [5, 5.41) is 0. The van der Waals surface area contributed by atoms with Gasteiger partial charge < -0.3 is 0 Å². The van der Waals surface area contributed by atoms with Crippen LogP contribution in [-0.4, -0.2) is 5.71 Å². The van der Waals surface area contributed by atoms with E-state index in [4.69, 9.17) is 4.99 Å². The van der Waals surface area contributed by atoms with Crippen molar-refractivity contribution in [2.45, 2.75) is 78.1 Å². The smallest absolute Gasteiger partial charge is 0.0639 e. The summed E-state index contributed by atoms with van der Waals surface area (Å²) in [4.78, 5) is 4.82. The van der Waals surface area contributed by atoms with E-state index in [1.807, 2.05) is 6.07 Å². The molecule has 306 valence electrons. The van der Waals surface area contributed by atoms with Gasteiger partial charge in [-0.2, -0.15) is 0 Å². The van der Waals surface area contributed by atoms with E-state index in [0.29, 0.717) is 5.92 Å². The first-order chi connectivity index (χ1) is 30.1. The van der Waals surface area contributed by atoms with Crippen LogP contribution < -0.4 is 0 Å². The molecule has 6 aromatic rings. The molecule has 0 bridgehead atoms. The molecule has 0 heterocycles. The maximum absolute atomic E-state index is 4.82. The molecule has 0 radical (unpaired) electrons. The summed E-state index contributed by atoms with van der Waals surface area (Å²) in [6.45, 7) is 19.4. The van der Waals surface area contributed by atoms with Crippen LogP contribution in [0.2, 0.25) is 0 Å². The Labute approximate surface area is 370 Å². The van der Waals surface area contributed by atoms with Gasteiger partial charge >= 0.3 is 0 Å². The molecule has 5 aliphatic rings. The standard InChI is InChI=1S/C23H23N.C22H20.C16H14/c1-17-14-15-22(21-12-8-5-9-13-21)23(16-17)19(3)24-18(2)20-10-6-4-7-11-20;1-22(2)20-10-6-5-9-17(20)19-13-18-15(12-21(19)22)11-14-7-3-4-8-16(14)18;1-11(2)14-9-5-7-13-10-12-6-3-4-8-15(12)16(13)14/h4-6,8-10,12-16H,3,7,11H2,1-2H3;3-10,12,19H,11,13H2,1-2H3;3-9H,1,10H2,2H3. The summed E-state index contributed by atoms with van der Waals surface area (Å²) < 4.78 is 0. The fourth-order valence-corrected chi connectivity index (χ4v) is 10.4. The number of allylic oxidation sites excluding steroid dienone is 9. The quantitative estimate of drug-likeness (QED) is 0.154. The molecule has 11 rings (SSSR count). The van der Waals surface area contributed by atoms with Gasteiger partial charge in [0.1, 0.15) is 0 Å². The Bertz CT molecular complexity index is 2900. The Morgan fingerprint density at radius 3 is 2.13 bits per heavy atom. The Kier molecular flexibility index (Phi) is 11.2. The van der Waals surface area contributed by atoms with Crippen LogP contribution in [0.3, 0.4) is 0 Å². The van der Waals surface area contributed by atoms with Gasteiger partial charge in [0.25, 0.3) is 0 Å². The number of rotatable bonds is 5. The summed E-state index contributed by atoms with van der Waals surface area (Å²) in [6.07, 6.45) is 14.5. The van der Waals surface area contributed by atoms with E-state index in [-0.39, 0.29) is 5.41 Å².